The number of nitrogens with one attached hydrogen (secondary N) is 1. The molecule has 0 saturated heterocycles. The molecule has 0 saturated carbocycles. The molecule has 25 heavy (non-hydrogen) atoms. The topological polar surface area (TPSA) is 77.2 Å². The van der Waals surface area contributed by atoms with Gasteiger partial charge in [0, 0.05) is 24.0 Å². The second kappa shape index (κ2) is 6.39. The number of para-hydroxylation sites is 1. The molecule has 0 spiro atoms. The first-order valence-corrected chi connectivity index (χ1v) is 8.10. The third kappa shape index (κ3) is 3.10. The molecule has 0 bridgehead atoms. The normalized spacial score (nSPS) is 16.0. The van der Waals surface area contributed by atoms with Gasteiger partial charge in [0.2, 0.25) is 5.76 Å². The first-order chi connectivity index (χ1) is 12.2. The van der Waals surface area contributed by atoms with Gasteiger partial charge in [-0.25, -0.2) is 0 Å². The first kappa shape index (κ1) is 15.4. The van der Waals surface area contributed by atoms with Crippen molar-refractivity contribution in [3.8, 4) is 17.0 Å². The molecule has 3 aromatic rings. The van der Waals surface area contributed by atoms with Gasteiger partial charge in [-0.15, -0.1) is 0 Å². The number of pyridine rings is 1. The van der Waals surface area contributed by atoms with E-state index >= 15 is 0 Å². The van der Waals surface area contributed by atoms with E-state index in [0.29, 0.717) is 12.3 Å². The van der Waals surface area contributed by atoms with Crippen LogP contribution in [0.1, 0.15) is 21.7 Å². The zero-order valence-corrected chi connectivity index (χ0v) is 13.7. The molecule has 1 amide bonds. The zero-order chi connectivity index (χ0) is 17.2. The van der Waals surface area contributed by atoms with Crippen molar-refractivity contribution in [3.63, 3.8) is 0 Å². The Morgan fingerprint density at radius 3 is 2.92 bits per heavy atom. The van der Waals surface area contributed by atoms with E-state index in [4.69, 9.17) is 9.26 Å². The van der Waals surface area contributed by atoms with Gasteiger partial charge in [0.25, 0.3) is 5.91 Å². The van der Waals surface area contributed by atoms with E-state index in [2.05, 4.69) is 15.5 Å². The molecule has 1 atom stereocenters. The lowest BCUT2D eigenvalue weighted by Gasteiger charge is -2.26. The van der Waals surface area contributed by atoms with Crippen molar-refractivity contribution in [2.45, 2.75) is 19.4 Å². The minimum absolute atomic E-state index is 0.101. The number of aryl methyl sites for hydroxylation is 1. The number of carbonyl (C=O) groups excluding carboxylic acids is 1. The summed E-state index contributed by atoms with van der Waals surface area (Å²) >= 11 is 0. The van der Waals surface area contributed by atoms with Crippen LogP contribution >= 0.6 is 0 Å². The minimum Gasteiger partial charge on any atom is -0.491 e. The Balaban J connectivity index is 1.46. The maximum Gasteiger partial charge on any atom is 0.290 e. The van der Waals surface area contributed by atoms with Gasteiger partial charge in [-0.2, -0.15) is 0 Å². The van der Waals surface area contributed by atoms with Crippen molar-refractivity contribution in [3.05, 3.63) is 65.7 Å². The fraction of sp³-hybridized carbons (Fsp3) is 0.211. The maximum atomic E-state index is 12.4. The Morgan fingerprint density at radius 1 is 1.24 bits per heavy atom. The summed E-state index contributed by atoms with van der Waals surface area (Å²) < 4.78 is 11.0. The van der Waals surface area contributed by atoms with E-state index in [1.54, 1.807) is 18.5 Å². The highest BCUT2D eigenvalue weighted by molar-refractivity contribution is 5.92. The smallest absolute Gasteiger partial charge is 0.290 e. The Hall–Kier alpha value is -3.15. The number of hydrogen-bond donors (Lipinski definition) is 1. The molecule has 3 heterocycles. The lowest BCUT2D eigenvalue weighted by atomic mass is 10.00. The molecular weight excluding hydrogens is 318 g/mol. The van der Waals surface area contributed by atoms with Crippen molar-refractivity contribution in [1.29, 1.82) is 0 Å². The van der Waals surface area contributed by atoms with Gasteiger partial charge in [0.1, 0.15) is 18.1 Å². The Morgan fingerprint density at radius 2 is 2.08 bits per heavy atom. The van der Waals surface area contributed by atoms with Crippen molar-refractivity contribution < 1.29 is 14.1 Å². The third-order valence-electron chi connectivity index (χ3n) is 4.23. The van der Waals surface area contributed by atoms with Crippen LogP contribution in [0, 0.1) is 6.92 Å². The molecule has 126 valence electrons. The van der Waals surface area contributed by atoms with E-state index < -0.39 is 0 Å². The summed E-state index contributed by atoms with van der Waals surface area (Å²) in [6.07, 6.45) is 4.07. The molecule has 6 nitrogen and oxygen atoms in total. The minimum atomic E-state index is -0.294. The Bertz CT molecular complexity index is 905. The second-order valence-electron chi connectivity index (χ2n) is 6.06. The molecule has 0 fully saturated rings. The summed E-state index contributed by atoms with van der Waals surface area (Å²) in [6.45, 7) is 2.46. The van der Waals surface area contributed by atoms with Crippen LogP contribution < -0.4 is 10.1 Å². The van der Waals surface area contributed by atoms with Crippen LogP contribution in [-0.2, 0) is 6.42 Å². The van der Waals surface area contributed by atoms with Gasteiger partial charge >= 0.3 is 0 Å². The lowest BCUT2D eigenvalue weighted by molar-refractivity contribution is 0.0878. The number of fused-ring (bicyclic) bond motifs is 1. The first-order valence-electron chi connectivity index (χ1n) is 8.10. The highest BCUT2D eigenvalue weighted by Crippen LogP contribution is 2.28. The summed E-state index contributed by atoms with van der Waals surface area (Å²) in [4.78, 5) is 16.4. The van der Waals surface area contributed by atoms with Crippen LogP contribution in [0.15, 0.2) is 53.3 Å². The highest BCUT2D eigenvalue weighted by Gasteiger charge is 2.24. The van der Waals surface area contributed by atoms with Gasteiger partial charge in [-0.1, -0.05) is 23.4 Å². The third-order valence-corrected chi connectivity index (χ3v) is 4.23. The van der Waals surface area contributed by atoms with Crippen molar-refractivity contribution >= 4 is 5.91 Å². The largest absolute Gasteiger partial charge is 0.491 e. The molecule has 0 aliphatic carbocycles. The van der Waals surface area contributed by atoms with Gasteiger partial charge in [-0.3, -0.25) is 9.78 Å². The number of rotatable bonds is 3. The van der Waals surface area contributed by atoms with Crippen LogP contribution in [0.25, 0.3) is 11.3 Å². The molecule has 2 aromatic heterocycles. The van der Waals surface area contributed by atoms with E-state index in [-0.39, 0.29) is 17.7 Å². The van der Waals surface area contributed by atoms with E-state index in [1.807, 2.05) is 37.3 Å². The number of aromatic nitrogens is 2. The molecule has 1 aliphatic heterocycles. The number of benzene rings is 1. The second-order valence-corrected chi connectivity index (χ2v) is 6.06. The van der Waals surface area contributed by atoms with Crippen molar-refractivity contribution in [2.24, 2.45) is 0 Å². The van der Waals surface area contributed by atoms with E-state index in [0.717, 1.165) is 28.9 Å². The predicted molar refractivity (Wildman–Crippen MR) is 91.4 cm³/mol. The molecule has 1 unspecified atom stereocenters. The lowest BCUT2D eigenvalue weighted by Crippen LogP contribution is -2.42. The molecule has 4 rings (SSSR count). The standard InChI is InChI=1S/C19H17N3O3/c1-12-3-2-4-14-9-15(11-24-18(12)14)21-19(23)17-10-16(22-25-17)13-5-7-20-8-6-13/h2-8,10,15H,9,11H2,1H3,(H,21,23). The summed E-state index contributed by atoms with van der Waals surface area (Å²) in [5.41, 5.74) is 3.67. The quantitative estimate of drug-likeness (QED) is 0.796. The van der Waals surface area contributed by atoms with E-state index in [9.17, 15) is 4.79 Å². The Kier molecular flexibility index (Phi) is 3.93. The predicted octanol–water partition coefficient (Wildman–Crippen LogP) is 2.78. The fourth-order valence-corrected chi connectivity index (χ4v) is 2.98. The van der Waals surface area contributed by atoms with Gasteiger partial charge in [-0.05, 0) is 36.6 Å². The number of carbonyl (C=O) groups is 1. The zero-order valence-electron chi connectivity index (χ0n) is 13.7. The fourth-order valence-electron chi connectivity index (χ4n) is 2.98. The average molecular weight is 335 g/mol. The molecule has 0 radical (unpaired) electrons. The average Bonchev–Trinajstić information content (AvgIpc) is 3.13. The number of hydrogen-bond acceptors (Lipinski definition) is 5. The maximum absolute atomic E-state index is 12.4. The Labute approximate surface area is 144 Å². The molecule has 1 aliphatic rings. The monoisotopic (exact) mass is 335 g/mol. The SMILES string of the molecule is Cc1cccc2c1OCC(NC(=O)c1cc(-c3ccncc3)no1)C2. The van der Waals surface area contributed by atoms with Crippen LogP contribution in [0.3, 0.4) is 0 Å². The number of ether oxygens (including phenoxy) is 1. The van der Waals surface area contributed by atoms with Crippen LogP contribution in [0.4, 0.5) is 0 Å². The summed E-state index contributed by atoms with van der Waals surface area (Å²) in [6, 6.07) is 11.2. The summed E-state index contributed by atoms with van der Waals surface area (Å²) in [7, 11) is 0. The van der Waals surface area contributed by atoms with Crippen molar-refractivity contribution in [1.82, 2.24) is 15.5 Å². The molecule has 1 aromatic carbocycles. The van der Waals surface area contributed by atoms with Crippen LogP contribution in [0.2, 0.25) is 0 Å². The van der Waals surface area contributed by atoms with Crippen molar-refractivity contribution in [2.75, 3.05) is 6.61 Å². The summed E-state index contributed by atoms with van der Waals surface area (Å²) in [5, 5.41) is 6.90. The number of nitrogens with zero attached hydrogens (tertiary/aromatic N) is 2. The molecule has 6 heteroatoms. The van der Waals surface area contributed by atoms with Gasteiger partial charge < -0.3 is 14.6 Å². The summed E-state index contributed by atoms with van der Waals surface area (Å²) in [5.74, 6) is 0.812. The van der Waals surface area contributed by atoms with Crippen LogP contribution in [0.5, 0.6) is 5.75 Å². The highest BCUT2D eigenvalue weighted by atomic mass is 16.5. The number of amides is 1. The molecule has 1 N–H and O–H groups in total. The van der Waals surface area contributed by atoms with Gasteiger partial charge in [0.15, 0.2) is 0 Å². The molecular formula is C19H17N3O3. The van der Waals surface area contributed by atoms with E-state index in [1.165, 1.54) is 0 Å². The van der Waals surface area contributed by atoms with Gasteiger partial charge in [0.05, 0.1) is 6.04 Å². The van der Waals surface area contributed by atoms with Crippen LogP contribution in [-0.4, -0.2) is 28.7 Å².